The monoisotopic (exact) mass is 476 g/mol. The standard InChI is InChI=1S/C25H20N2O6S/c1-3-32-21-13-16(9-10-20(21)33-25(31)22-8-5-11-34-22)12-19-15(2)26-27(23(19)28)18-7-4-6-17(14-18)24(29)30/h4-14,26H,2-3H2,1H3,(H,29,30)/b19-12+. The molecule has 0 saturated heterocycles. The van der Waals surface area contributed by atoms with Gasteiger partial charge in [-0.05, 0) is 60.3 Å². The maximum absolute atomic E-state index is 13.0. The van der Waals surface area contributed by atoms with Crippen molar-refractivity contribution in [3.05, 3.63) is 96.9 Å². The zero-order valence-corrected chi connectivity index (χ0v) is 18.9. The first-order valence-corrected chi connectivity index (χ1v) is 11.1. The van der Waals surface area contributed by atoms with Crippen LogP contribution in [0.4, 0.5) is 0 Å². The third-order valence-electron chi connectivity index (χ3n) is 4.86. The number of carboxylic acid groups (broad SMARTS) is 1. The third kappa shape index (κ3) is 4.69. The fraction of sp³-hybridized carbons (Fsp3) is 0.0800. The molecule has 0 atom stereocenters. The van der Waals surface area contributed by atoms with Gasteiger partial charge in [0.15, 0.2) is 11.5 Å². The average molecular weight is 477 g/mol. The number of carboxylic acids is 1. The fourth-order valence-corrected chi connectivity index (χ4v) is 3.88. The van der Waals surface area contributed by atoms with Gasteiger partial charge in [0.1, 0.15) is 4.88 Å². The first-order valence-electron chi connectivity index (χ1n) is 10.3. The molecule has 0 fully saturated rings. The second-order valence-electron chi connectivity index (χ2n) is 7.15. The van der Waals surface area contributed by atoms with Gasteiger partial charge in [0.05, 0.1) is 28.4 Å². The molecule has 0 spiro atoms. The normalized spacial score (nSPS) is 11.4. The summed E-state index contributed by atoms with van der Waals surface area (Å²) < 4.78 is 12.4. The van der Waals surface area contributed by atoms with Crippen LogP contribution < -0.4 is 25.6 Å². The number of benzene rings is 2. The van der Waals surface area contributed by atoms with Crippen molar-refractivity contribution < 1.29 is 24.2 Å². The first-order chi connectivity index (χ1) is 16.4. The van der Waals surface area contributed by atoms with E-state index in [1.54, 1.807) is 53.9 Å². The topological polar surface area (TPSA) is 111 Å². The van der Waals surface area contributed by atoms with Gasteiger partial charge in [-0.1, -0.05) is 24.8 Å². The van der Waals surface area contributed by atoms with E-state index in [1.807, 2.05) is 6.92 Å². The summed E-state index contributed by atoms with van der Waals surface area (Å²) in [6, 6.07) is 14.4. The highest BCUT2D eigenvalue weighted by molar-refractivity contribution is 7.12. The number of H-pyrrole nitrogens is 1. The van der Waals surface area contributed by atoms with Crippen LogP contribution in [0.1, 0.15) is 32.5 Å². The SMILES string of the molecule is C=c1[nH]n(-c2cccc(C(=O)O)c2)c(=O)/c1=C/c1ccc(OC(=O)c2cccs2)c(OCC)c1. The summed E-state index contributed by atoms with van der Waals surface area (Å²) in [5.74, 6) is -0.947. The van der Waals surface area contributed by atoms with E-state index in [0.717, 1.165) is 0 Å². The third-order valence-corrected chi connectivity index (χ3v) is 5.71. The number of carbonyl (C=O) groups is 2. The number of nitrogens with one attached hydrogen (secondary N) is 1. The Kier molecular flexibility index (Phi) is 6.46. The van der Waals surface area contributed by atoms with Crippen molar-refractivity contribution in [2.45, 2.75) is 6.92 Å². The fourth-order valence-electron chi connectivity index (χ4n) is 3.28. The van der Waals surface area contributed by atoms with Crippen molar-refractivity contribution in [3.8, 4) is 17.2 Å². The minimum Gasteiger partial charge on any atom is -0.490 e. The Morgan fingerprint density at radius 1 is 1.15 bits per heavy atom. The van der Waals surface area contributed by atoms with Gasteiger partial charge in [0.25, 0.3) is 5.56 Å². The van der Waals surface area contributed by atoms with E-state index in [-0.39, 0.29) is 11.3 Å². The lowest BCUT2D eigenvalue weighted by Gasteiger charge is -2.10. The molecular weight excluding hydrogens is 456 g/mol. The summed E-state index contributed by atoms with van der Waals surface area (Å²) >= 11 is 1.28. The molecule has 4 rings (SSSR count). The summed E-state index contributed by atoms with van der Waals surface area (Å²) in [6.45, 7) is 6.06. The van der Waals surface area contributed by atoms with Crippen LogP contribution in [0.3, 0.4) is 0 Å². The van der Waals surface area contributed by atoms with Gasteiger partial charge in [-0.3, -0.25) is 9.89 Å². The molecule has 0 radical (unpaired) electrons. The second-order valence-corrected chi connectivity index (χ2v) is 8.10. The number of hydrogen-bond donors (Lipinski definition) is 2. The van der Waals surface area contributed by atoms with Crippen molar-refractivity contribution in [2.24, 2.45) is 0 Å². The summed E-state index contributed by atoms with van der Waals surface area (Å²) in [5.41, 5.74) is 0.676. The van der Waals surface area contributed by atoms with E-state index in [0.29, 0.717) is 39.1 Å². The van der Waals surface area contributed by atoms with Crippen LogP contribution in [0, 0.1) is 0 Å². The molecule has 34 heavy (non-hydrogen) atoms. The van der Waals surface area contributed by atoms with Gasteiger partial charge >= 0.3 is 11.9 Å². The molecule has 2 N–H and O–H groups in total. The zero-order valence-electron chi connectivity index (χ0n) is 18.1. The van der Waals surface area contributed by atoms with Gasteiger partial charge in [-0.25, -0.2) is 14.3 Å². The van der Waals surface area contributed by atoms with Crippen LogP contribution in [0.2, 0.25) is 0 Å². The lowest BCUT2D eigenvalue weighted by Crippen LogP contribution is -2.34. The average Bonchev–Trinajstić information content (AvgIpc) is 3.46. The predicted octanol–water partition coefficient (Wildman–Crippen LogP) is 2.78. The maximum Gasteiger partial charge on any atom is 0.353 e. The van der Waals surface area contributed by atoms with Gasteiger partial charge < -0.3 is 14.6 Å². The smallest absolute Gasteiger partial charge is 0.353 e. The number of nitrogens with zero attached hydrogens (tertiary/aromatic N) is 1. The second kappa shape index (κ2) is 9.63. The molecule has 8 nitrogen and oxygen atoms in total. The van der Waals surface area contributed by atoms with E-state index in [9.17, 15) is 19.5 Å². The number of ether oxygens (including phenoxy) is 2. The Hall–Kier alpha value is -4.37. The molecule has 4 aromatic rings. The number of aromatic nitrogens is 2. The Balaban J connectivity index is 1.72. The molecule has 0 aliphatic carbocycles. The van der Waals surface area contributed by atoms with E-state index in [1.165, 1.54) is 28.2 Å². The van der Waals surface area contributed by atoms with Crippen LogP contribution in [0.25, 0.3) is 18.3 Å². The quantitative estimate of drug-likeness (QED) is 0.314. The Labute approximate surface area is 197 Å². The van der Waals surface area contributed by atoms with Crippen LogP contribution in [0.15, 0.2) is 64.8 Å². The van der Waals surface area contributed by atoms with E-state index >= 15 is 0 Å². The Morgan fingerprint density at radius 3 is 2.68 bits per heavy atom. The van der Waals surface area contributed by atoms with Gasteiger partial charge in [-0.15, -0.1) is 11.3 Å². The zero-order chi connectivity index (χ0) is 24.2. The highest BCUT2D eigenvalue weighted by Gasteiger charge is 2.14. The highest BCUT2D eigenvalue weighted by atomic mass is 32.1. The molecule has 2 heterocycles. The number of aromatic amines is 1. The number of thiophene rings is 1. The minimum absolute atomic E-state index is 0.0594. The molecule has 0 unspecified atom stereocenters. The van der Waals surface area contributed by atoms with Crippen LogP contribution in [0.5, 0.6) is 11.5 Å². The summed E-state index contributed by atoms with van der Waals surface area (Å²) in [7, 11) is 0. The molecule has 0 aliphatic rings. The van der Waals surface area contributed by atoms with Gasteiger partial charge in [-0.2, -0.15) is 0 Å². The summed E-state index contributed by atoms with van der Waals surface area (Å²) in [5, 5.41) is 14.5. The molecule has 0 bridgehead atoms. The summed E-state index contributed by atoms with van der Waals surface area (Å²) in [6.07, 6.45) is 1.63. The molecule has 2 aromatic heterocycles. The number of aromatic carboxylic acids is 1. The molecular formula is C25H20N2O6S. The number of rotatable bonds is 7. The van der Waals surface area contributed by atoms with Crippen molar-refractivity contribution in [1.29, 1.82) is 0 Å². The Morgan fingerprint density at radius 2 is 1.97 bits per heavy atom. The molecule has 9 heteroatoms. The summed E-state index contributed by atoms with van der Waals surface area (Å²) in [4.78, 5) is 37.1. The number of carbonyl (C=O) groups excluding carboxylic acids is 1. The molecule has 0 amide bonds. The molecule has 0 aliphatic heterocycles. The van der Waals surface area contributed by atoms with Crippen molar-refractivity contribution in [1.82, 2.24) is 9.78 Å². The highest BCUT2D eigenvalue weighted by Crippen LogP contribution is 2.30. The van der Waals surface area contributed by atoms with Crippen molar-refractivity contribution in [2.75, 3.05) is 6.61 Å². The molecule has 172 valence electrons. The van der Waals surface area contributed by atoms with Crippen LogP contribution in [-0.4, -0.2) is 33.4 Å². The largest absolute Gasteiger partial charge is 0.490 e. The Bertz CT molecular complexity index is 1530. The number of hydrogen-bond acceptors (Lipinski definition) is 6. The van der Waals surface area contributed by atoms with E-state index in [2.05, 4.69) is 11.7 Å². The van der Waals surface area contributed by atoms with Crippen molar-refractivity contribution >= 4 is 35.9 Å². The van der Waals surface area contributed by atoms with Crippen LogP contribution >= 0.6 is 11.3 Å². The van der Waals surface area contributed by atoms with Crippen molar-refractivity contribution in [3.63, 3.8) is 0 Å². The molecule has 2 aromatic carbocycles. The van der Waals surface area contributed by atoms with Crippen LogP contribution in [-0.2, 0) is 0 Å². The lowest BCUT2D eigenvalue weighted by molar-refractivity contribution is 0.0694. The van der Waals surface area contributed by atoms with Gasteiger partial charge in [0, 0.05) is 0 Å². The van der Waals surface area contributed by atoms with E-state index in [4.69, 9.17) is 9.47 Å². The first kappa shape index (κ1) is 22.8. The minimum atomic E-state index is -1.09. The maximum atomic E-state index is 13.0. The number of esters is 1. The lowest BCUT2D eigenvalue weighted by atomic mass is 10.1. The van der Waals surface area contributed by atoms with E-state index < -0.39 is 17.5 Å². The predicted molar refractivity (Wildman–Crippen MR) is 129 cm³/mol. The molecule has 0 saturated carbocycles. The van der Waals surface area contributed by atoms with Gasteiger partial charge in [0.2, 0.25) is 0 Å².